The van der Waals surface area contributed by atoms with Crippen molar-refractivity contribution in [1.82, 2.24) is 0 Å². The third-order valence-electron chi connectivity index (χ3n) is 4.33. The van der Waals surface area contributed by atoms with Gasteiger partial charge in [-0.3, -0.25) is 4.79 Å². The third-order valence-corrected chi connectivity index (χ3v) is 4.33. The molecule has 0 aromatic heterocycles. The van der Waals surface area contributed by atoms with E-state index in [1.54, 1.807) is 0 Å². The summed E-state index contributed by atoms with van der Waals surface area (Å²) >= 11 is 0. The van der Waals surface area contributed by atoms with Crippen LogP contribution >= 0.6 is 0 Å². The summed E-state index contributed by atoms with van der Waals surface area (Å²) in [5.74, 6) is 0.984. The van der Waals surface area contributed by atoms with Crippen LogP contribution in [-0.4, -0.2) is 38.6 Å². The molecule has 1 aliphatic rings. The van der Waals surface area contributed by atoms with Crippen LogP contribution in [0.15, 0.2) is 54.6 Å². The van der Waals surface area contributed by atoms with Crippen molar-refractivity contribution in [1.29, 1.82) is 0 Å². The van der Waals surface area contributed by atoms with E-state index < -0.39 is 0 Å². The summed E-state index contributed by atoms with van der Waals surface area (Å²) < 4.78 is 11.1. The van der Waals surface area contributed by atoms with E-state index in [0.717, 1.165) is 49.7 Å². The second kappa shape index (κ2) is 8.62. The van der Waals surface area contributed by atoms with Crippen molar-refractivity contribution >= 4 is 5.78 Å². The number of carbonyl (C=O) groups is 1. The zero-order valence-electron chi connectivity index (χ0n) is 13.9. The molecule has 1 heterocycles. The molecule has 0 bridgehead atoms. The van der Waals surface area contributed by atoms with Gasteiger partial charge in [-0.15, -0.1) is 0 Å². The maximum atomic E-state index is 12.3. The molecule has 0 atom stereocenters. The minimum Gasteiger partial charge on any atom is -0.489 e. The maximum absolute atomic E-state index is 12.3. The minimum atomic E-state index is 0.198. The van der Waals surface area contributed by atoms with Crippen LogP contribution in [0.3, 0.4) is 0 Å². The van der Waals surface area contributed by atoms with E-state index in [4.69, 9.17) is 9.47 Å². The fourth-order valence-electron chi connectivity index (χ4n) is 2.82. The number of hydrogen-bond acceptors (Lipinski definition) is 3. The molecule has 4 heteroatoms. The van der Waals surface area contributed by atoms with Crippen LogP contribution in [0.4, 0.5) is 0 Å². The Hall–Kier alpha value is -2.17. The molecule has 1 N–H and O–H groups in total. The van der Waals surface area contributed by atoms with E-state index in [2.05, 4.69) is 0 Å². The van der Waals surface area contributed by atoms with E-state index in [1.165, 1.54) is 4.90 Å². The number of quaternary nitrogens is 1. The molecule has 0 unspecified atom stereocenters. The molecule has 24 heavy (non-hydrogen) atoms. The number of hydrogen-bond donors (Lipinski definition) is 1. The van der Waals surface area contributed by atoms with Crippen molar-refractivity contribution < 1.29 is 19.2 Å². The summed E-state index contributed by atoms with van der Waals surface area (Å²) in [5, 5.41) is 0. The fraction of sp³-hybridized carbons (Fsp3) is 0.350. The number of carbonyl (C=O) groups excluding carboxylic acids is 1. The first-order valence-electron chi connectivity index (χ1n) is 8.52. The Morgan fingerprint density at radius 1 is 1.00 bits per heavy atom. The van der Waals surface area contributed by atoms with Gasteiger partial charge in [0.2, 0.25) is 0 Å². The van der Waals surface area contributed by atoms with Gasteiger partial charge in [0.25, 0.3) is 0 Å². The summed E-state index contributed by atoms with van der Waals surface area (Å²) in [6.45, 7) is 5.02. The summed E-state index contributed by atoms with van der Waals surface area (Å²) in [4.78, 5) is 13.7. The van der Waals surface area contributed by atoms with Gasteiger partial charge in [0.05, 0.1) is 26.2 Å². The first-order chi connectivity index (χ1) is 11.8. The Labute approximate surface area is 143 Å². The number of Topliss-reactive ketones (excluding diaryl/α,β-unsaturated/α-hetero) is 1. The lowest BCUT2D eigenvalue weighted by molar-refractivity contribution is -0.907. The molecule has 2 aromatic rings. The van der Waals surface area contributed by atoms with Crippen LogP contribution in [0.2, 0.25) is 0 Å². The van der Waals surface area contributed by atoms with E-state index in [1.807, 2.05) is 54.6 Å². The quantitative estimate of drug-likeness (QED) is 0.788. The lowest BCUT2D eigenvalue weighted by atomic mass is 10.1. The molecule has 1 saturated heterocycles. The van der Waals surface area contributed by atoms with Crippen molar-refractivity contribution in [2.24, 2.45) is 0 Å². The molecule has 126 valence electrons. The van der Waals surface area contributed by atoms with E-state index in [0.29, 0.717) is 13.0 Å². The summed E-state index contributed by atoms with van der Waals surface area (Å²) in [7, 11) is 0. The van der Waals surface area contributed by atoms with E-state index >= 15 is 0 Å². The normalized spacial score (nSPS) is 15.2. The molecule has 0 spiro atoms. The molecule has 2 aromatic carbocycles. The van der Waals surface area contributed by atoms with Gasteiger partial charge in [0.1, 0.15) is 25.4 Å². The van der Waals surface area contributed by atoms with Crippen LogP contribution in [0, 0.1) is 0 Å². The van der Waals surface area contributed by atoms with Crippen molar-refractivity contribution in [2.75, 3.05) is 32.8 Å². The average molecular weight is 326 g/mol. The van der Waals surface area contributed by atoms with Crippen molar-refractivity contribution in [2.45, 2.75) is 13.0 Å². The second-order valence-electron chi connectivity index (χ2n) is 6.08. The zero-order chi connectivity index (χ0) is 16.6. The average Bonchev–Trinajstić information content (AvgIpc) is 2.66. The predicted octanol–water partition coefficient (Wildman–Crippen LogP) is 1.75. The highest BCUT2D eigenvalue weighted by atomic mass is 16.5. The van der Waals surface area contributed by atoms with Gasteiger partial charge in [-0.05, 0) is 29.8 Å². The van der Waals surface area contributed by atoms with Gasteiger partial charge >= 0.3 is 0 Å². The standard InChI is InChI=1S/C20H23NO3/c22-20(10-11-21-12-14-23-15-13-21)18-6-8-19(9-7-18)24-16-17-4-2-1-3-5-17/h1-9H,10-16H2/p+1. The molecule has 3 rings (SSSR count). The van der Waals surface area contributed by atoms with E-state index in [-0.39, 0.29) is 5.78 Å². The largest absolute Gasteiger partial charge is 0.489 e. The number of rotatable bonds is 7. The van der Waals surface area contributed by atoms with Gasteiger partial charge in [-0.25, -0.2) is 0 Å². The smallest absolute Gasteiger partial charge is 0.168 e. The van der Waals surface area contributed by atoms with Crippen LogP contribution in [-0.2, 0) is 11.3 Å². The SMILES string of the molecule is O=C(CC[NH+]1CCOCC1)c1ccc(OCc2ccccc2)cc1. The minimum absolute atomic E-state index is 0.198. The van der Waals surface area contributed by atoms with Crippen LogP contribution < -0.4 is 9.64 Å². The lowest BCUT2D eigenvalue weighted by Gasteiger charge is -2.23. The summed E-state index contributed by atoms with van der Waals surface area (Å²) in [6.07, 6.45) is 0.583. The Morgan fingerprint density at radius 3 is 2.42 bits per heavy atom. The molecule has 0 radical (unpaired) electrons. The second-order valence-corrected chi connectivity index (χ2v) is 6.08. The monoisotopic (exact) mass is 326 g/mol. The topological polar surface area (TPSA) is 40.0 Å². The van der Waals surface area contributed by atoms with Crippen molar-refractivity contribution in [3.8, 4) is 5.75 Å². The fourth-order valence-corrected chi connectivity index (χ4v) is 2.82. The first kappa shape index (κ1) is 16.7. The van der Waals surface area contributed by atoms with Gasteiger partial charge < -0.3 is 14.4 Å². The number of nitrogens with one attached hydrogen (secondary N) is 1. The Bertz CT molecular complexity index is 634. The summed E-state index contributed by atoms with van der Waals surface area (Å²) in [5.41, 5.74) is 1.89. The molecule has 1 fully saturated rings. The zero-order valence-corrected chi connectivity index (χ0v) is 13.9. The number of ether oxygens (including phenoxy) is 2. The van der Waals surface area contributed by atoms with Crippen LogP contribution in [0.1, 0.15) is 22.3 Å². The predicted molar refractivity (Wildman–Crippen MR) is 92.5 cm³/mol. The lowest BCUT2D eigenvalue weighted by Crippen LogP contribution is -3.14. The maximum Gasteiger partial charge on any atom is 0.168 e. The summed E-state index contributed by atoms with van der Waals surface area (Å²) in [6, 6.07) is 17.5. The Morgan fingerprint density at radius 2 is 1.71 bits per heavy atom. The molecule has 0 saturated carbocycles. The van der Waals surface area contributed by atoms with Crippen molar-refractivity contribution in [3.63, 3.8) is 0 Å². The molecule has 0 amide bonds. The van der Waals surface area contributed by atoms with Gasteiger partial charge in [0, 0.05) is 5.56 Å². The Balaban J connectivity index is 1.47. The number of morpholine rings is 1. The highest BCUT2D eigenvalue weighted by Crippen LogP contribution is 2.15. The number of benzene rings is 2. The highest BCUT2D eigenvalue weighted by Gasteiger charge is 2.16. The molecule has 4 nitrogen and oxygen atoms in total. The van der Waals surface area contributed by atoms with Crippen LogP contribution in [0.5, 0.6) is 5.75 Å². The van der Waals surface area contributed by atoms with Crippen LogP contribution in [0.25, 0.3) is 0 Å². The van der Waals surface area contributed by atoms with E-state index in [9.17, 15) is 4.79 Å². The molecular formula is C20H24NO3+. The van der Waals surface area contributed by atoms with Gasteiger partial charge in [-0.1, -0.05) is 30.3 Å². The molecular weight excluding hydrogens is 302 g/mol. The first-order valence-corrected chi connectivity index (χ1v) is 8.52. The molecule has 1 aliphatic heterocycles. The number of ketones is 1. The highest BCUT2D eigenvalue weighted by molar-refractivity contribution is 5.96. The molecule has 0 aliphatic carbocycles. The third kappa shape index (κ3) is 4.91. The van der Waals surface area contributed by atoms with Crippen molar-refractivity contribution in [3.05, 3.63) is 65.7 Å². The van der Waals surface area contributed by atoms with Gasteiger partial charge in [-0.2, -0.15) is 0 Å². The van der Waals surface area contributed by atoms with Gasteiger partial charge in [0.15, 0.2) is 5.78 Å². The Kier molecular flexibility index (Phi) is 5.99.